The third-order valence-corrected chi connectivity index (χ3v) is 1.84. The van der Waals surface area contributed by atoms with Crippen molar-refractivity contribution < 1.29 is 14.3 Å². The zero-order chi connectivity index (χ0) is 11.3. The van der Waals surface area contributed by atoms with E-state index in [1.807, 2.05) is 0 Å². The molecule has 0 amide bonds. The molecule has 0 fully saturated rings. The van der Waals surface area contributed by atoms with Crippen LogP contribution in [0.25, 0.3) is 0 Å². The second-order valence-corrected chi connectivity index (χ2v) is 3.04. The number of carbonyl (C=O) groups excluding carboxylic acids is 2. The number of carbonyl (C=O) groups is 2. The summed E-state index contributed by atoms with van der Waals surface area (Å²) in [6.45, 7) is 1.40. The van der Waals surface area contributed by atoms with Crippen LogP contribution in [-0.4, -0.2) is 18.7 Å². The molecule has 0 aliphatic heterocycles. The first kappa shape index (κ1) is 11.2. The van der Waals surface area contributed by atoms with E-state index < -0.39 is 0 Å². The van der Waals surface area contributed by atoms with Gasteiger partial charge >= 0.3 is 0 Å². The molecule has 0 heterocycles. The predicted octanol–water partition coefficient (Wildman–Crippen LogP) is 2.02. The van der Waals surface area contributed by atoms with Gasteiger partial charge < -0.3 is 4.74 Å². The highest BCUT2D eigenvalue weighted by atomic mass is 16.5. The highest BCUT2D eigenvalue weighted by Gasteiger charge is 2.01. The minimum atomic E-state index is -0.187. The van der Waals surface area contributed by atoms with Gasteiger partial charge in [-0.1, -0.05) is 0 Å². The van der Waals surface area contributed by atoms with Crippen LogP contribution in [0.4, 0.5) is 0 Å². The summed E-state index contributed by atoms with van der Waals surface area (Å²) in [6.07, 6.45) is 2.52. The Kier molecular flexibility index (Phi) is 3.80. The molecule has 1 aromatic rings. The van der Waals surface area contributed by atoms with E-state index in [2.05, 4.69) is 0 Å². The normalized spacial score (nSPS) is 10.3. The van der Waals surface area contributed by atoms with Crippen molar-refractivity contribution in [1.29, 1.82) is 0 Å². The Bertz CT molecular complexity index is 388. The number of methoxy groups -OCH3 is 1. The molecule has 0 saturated heterocycles. The lowest BCUT2D eigenvalue weighted by atomic mass is 10.1. The Morgan fingerprint density at radius 3 is 2.20 bits per heavy atom. The molecular weight excluding hydrogens is 192 g/mol. The molecule has 0 bridgehead atoms. The van der Waals surface area contributed by atoms with Gasteiger partial charge in [-0.25, -0.2) is 0 Å². The van der Waals surface area contributed by atoms with E-state index in [-0.39, 0.29) is 11.6 Å². The van der Waals surface area contributed by atoms with Crippen LogP contribution in [0.1, 0.15) is 17.3 Å². The first-order valence-electron chi connectivity index (χ1n) is 4.50. The van der Waals surface area contributed by atoms with Crippen molar-refractivity contribution in [3.8, 4) is 5.75 Å². The average molecular weight is 204 g/mol. The Balaban J connectivity index is 2.79. The molecule has 0 radical (unpaired) electrons. The van der Waals surface area contributed by atoms with E-state index in [0.29, 0.717) is 11.3 Å². The molecule has 1 rings (SSSR count). The summed E-state index contributed by atoms with van der Waals surface area (Å²) in [5.74, 6) is 0.367. The van der Waals surface area contributed by atoms with Crippen molar-refractivity contribution in [2.24, 2.45) is 0 Å². The summed E-state index contributed by atoms with van der Waals surface area (Å²) >= 11 is 0. The molecule has 0 N–H and O–H groups in total. The molecule has 0 aliphatic rings. The lowest BCUT2D eigenvalue weighted by molar-refractivity contribution is -0.112. The smallest absolute Gasteiger partial charge is 0.185 e. The fraction of sp³-hybridized carbons (Fsp3) is 0.167. The van der Waals surface area contributed by atoms with Gasteiger partial charge in [0.25, 0.3) is 0 Å². The van der Waals surface area contributed by atoms with Crippen molar-refractivity contribution in [2.75, 3.05) is 7.11 Å². The summed E-state index contributed by atoms with van der Waals surface area (Å²) in [6, 6.07) is 6.72. The minimum absolute atomic E-state index is 0.142. The SMILES string of the molecule is COc1ccc(C(=O)C=CC(C)=O)cc1. The monoisotopic (exact) mass is 204 g/mol. The second kappa shape index (κ2) is 5.10. The minimum Gasteiger partial charge on any atom is -0.497 e. The van der Waals surface area contributed by atoms with Crippen molar-refractivity contribution >= 4 is 11.6 Å². The van der Waals surface area contributed by atoms with Gasteiger partial charge in [0.05, 0.1) is 7.11 Å². The van der Waals surface area contributed by atoms with E-state index in [4.69, 9.17) is 4.74 Å². The van der Waals surface area contributed by atoms with E-state index in [0.717, 1.165) is 0 Å². The molecule has 0 atom stereocenters. The van der Waals surface area contributed by atoms with E-state index in [9.17, 15) is 9.59 Å². The number of benzene rings is 1. The first-order chi connectivity index (χ1) is 7.13. The van der Waals surface area contributed by atoms with Crippen molar-refractivity contribution in [2.45, 2.75) is 6.92 Å². The first-order valence-corrected chi connectivity index (χ1v) is 4.50. The summed E-state index contributed by atoms with van der Waals surface area (Å²) in [5, 5.41) is 0. The van der Waals surface area contributed by atoms with Crippen molar-refractivity contribution in [3.63, 3.8) is 0 Å². The molecule has 3 nitrogen and oxygen atoms in total. The number of ether oxygens (including phenoxy) is 1. The molecule has 0 aliphatic carbocycles. The Hall–Kier alpha value is -1.90. The highest BCUT2D eigenvalue weighted by Crippen LogP contribution is 2.11. The summed E-state index contributed by atoms with van der Waals surface area (Å²) in [7, 11) is 1.56. The van der Waals surface area contributed by atoms with Gasteiger partial charge in [-0.05, 0) is 43.3 Å². The van der Waals surface area contributed by atoms with Gasteiger partial charge in [0.2, 0.25) is 0 Å². The Morgan fingerprint density at radius 2 is 1.73 bits per heavy atom. The zero-order valence-electron chi connectivity index (χ0n) is 8.69. The van der Waals surface area contributed by atoms with Gasteiger partial charge in [-0.15, -0.1) is 0 Å². The fourth-order valence-electron chi connectivity index (χ4n) is 1.04. The van der Waals surface area contributed by atoms with Crippen LogP contribution in [0.15, 0.2) is 36.4 Å². The molecule has 0 unspecified atom stereocenters. The van der Waals surface area contributed by atoms with Gasteiger partial charge in [-0.2, -0.15) is 0 Å². The topological polar surface area (TPSA) is 43.4 Å². The maximum absolute atomic E-state index is 11.5. The van der Waals surface area contributed by atoms with E-state index >= 15 is 0 Å². The largest absolute Gasteiger partial charge is 0.497 e. The van der Waals surface area contributed by atoms with Crippen LogP contribution >= 0.6 is 0 Å². The number of rotatable bonds is 4. The highest BCUT2D eigenvalue weighted by molar-refractivity contribution is 6.07. The molecule has 78 valence electrons. The molecule has 15 heavy (non-hydrogen) atoms. The lowest BCUT2D eigenvalue weighted by Gasteiger charge is -1.99. The standard InChI is InChI=1S/C12H12O3/c1-9(13)3-8-12(14)10-4-6-11(15-2)7-5-10/h3-8H,1-2H3. The maximum Gasteiger partial charge on any atom is 0.185 e. The van der Waals surface area contributed by atoms with E-state index in [1.54, 1.807) is 31.4 Å². The average Bonchev–Trinajstić information content (AvgIpc) is 2.26. The number of hydrogen-bond donors (Lipinski definition) is 0. The molecule has 1 aromatic carbocycles. The predicted molar refractivity (Wildman–Crippen MR) is 57.1 cm³/mol. The zero-order valence-corrected chi connectivity index (χ0v) is 8.69. The molecule has 3 heteroatoms. The fourth-order valence-corrected chi connectivity index (χ4v) is 1.04. The molecule has 0 aromatic heterocycles. The Morgan fingerprint density at radius 1 is 1.13 bits per heavy atom. The molecular formula is C12H12O3. The lowest BCUT2D eigenvalue weighted by Crippen LogP contribution is -1.95. The van der Waals surface area contributed by atoms with Crippen molar-refractivity contribution in [1.82, 2.24) is 0 Å². The molecule has 0 saturated carbocycles. The second-order valence-electron chi connectivity index (χ2n) is 3.04. The summed E-state index contributed by atoms with van der Waals surface area (Å²) in [5.41, 5.74) is 0.535. The van der Waals surface area contributed by atoms with E-state index in [1.165, 1.54) is 19.1 Å². The van der Waals surface area contributed by atoms with Crippen LogP contribution in [0, 0.1) is 0 Å². The molecule has 0 spiro atoms. The van der Waals surface area contributed by atoms with Gasteiger partial charge in [0.15, 0.2) is 11.6 Å². The summed E-state index contributed by atoms with van der Waals surface area (Å²) in [4.78, 5) is 22.1. The number of hydrogen-bond acceptors (Lipinski definition) is 3. The van der Waals surface area contributed by atoms with Gasteiger partial charge in [0, 0.05) is 5.56 Å². The van der Waals surface area contributed by atoms with Crippen LogP contribution in [0.3, 0.4) is 0 Å². The third-order valence-electron chi connectivity index (χ3n) is 1.84. The van der Waals surface area contributed by atoms with Crippen LogP contribution in [-0.2, 0) is 4.79 Å². The number of allylic oxidation sites excluding steroid dienone is 2. The van der Waals surface area contributed by atoms with Gasteiger partial charge in [0.1, 0.15) is 5.75 Å². The van der Waals surface area contributed by atoms with Gasteiger partial charge in [-0.3, -0.25) is 9.59 Å². The number of ketones is 2. The summed E-state index contributed by atoms with van der Waals surface area (Å²) < 4.78 is 4.96. The van der Waals surface area contributed by atoms with Crippen LogP contribution in [0.5, 0.6) is 5.75 Å². The van der Waals surface area contributed by atoms with Crippen molar-refractivity contribution in [3.05, 3.63) is 42.0 Å². The quantitative estimate of drug-likeness (QED) is 0.556. The Labute approximate surface area is 88.4 Å². The third kappa shape index (κ3) is 3.38. The van der Waals surface area contributed by atoms with Crippen LogP contribution in [0.2, 0.25) is 0 Å². The maximum atomic E-state index is 11.5. The van der Waals surface area contributed by atoms with Crippen LogP contribution < -0.4 is 4.74 Å².